The molecule has 0 bridgehead atoms. The van der Waals surface area contributed by atoms with Crippen molar-refractivity contribution >= 4 is 35.1 Å². The second kappa shape index (κ2) is 4.55. The summed E-state index contributed by atoms with van der Waals surface area (Å²) < 4.78 is 0. The predicted molar refractivity (Wildman–Crippen MR) is 67.8 cm³/mol. The highest BCUT2D eigenvalue weighted by Gasteiger charge is 2.36. The second-order valence-corrected chi connectivity index (χ2v) is 4.46. The molecular formula is C11H11Cl2N3O. The summed E-state index contributed by atoms with van der Waals surface area (Å²) >= 11 is 12.1. The average Bonchev–Trinajstić information content (AvgIpc) is 2.57. The van der Waals surface area contributed by atoms with Crippen molar-refractivity contribution in [2.45, 2.75) is 13.0 Å². The van der Waals surface area contributed by atoms with E-state index >= 15 is 0 Å². The zero-order chi connectivity index (χ0) is 12.6. The van der Waals surface area contributed by atoms with Gasteiger partial charge in [0.15, 0.2) is 0 Å². The van der Waals surface area contributed by atoms with Gasteiger partial charge in [-0.3, -0.25) is 10.7 Å². The smallest absolute Gasteiger partial charge is 0.310 e. The van der Waals surface area contributed by atoms with Crippen molar-refractivity contribution in [2.75, 3.05) is 6.54 Å². The minimum absolute atomic E-state index is 0.126. The first-order chi connectivity index (χ1) is 8.06. The average molecular weight is 272 g/mol. The number of amidine groups is 1. The van der Waals surface area contributed by atoms with Gasteiger partial charge in [0.05, 0.1) is 10.0 Å². The Labute approximate surface area is 109 Å². The van der Waals surface area contributed by atoms with Crippen LogP contribution in [0.2, 0.25) is 10.0 Å². The molecule has 2 N–H and O–H groups in total. The zero-order valence-corrected chi connectivity index (χ0v) is 10.6. The van der Waals surface area contributed by atoms with E-state index in [1.807, 2.05) is 6.92 Å². The fraction of sp³-hybridized carbons (Fsp3) is 0.273. The molecule has 2 rings (SSSR count). The van der Waals surface area contributed by atoms with E-state index in [2.05, 4.69) is 5.32 Å². The first-order valence-corrected chi connectivity index (χ1v) is 5.91. The lowest BCUT2D eigenvalue weighted by molar-refractivity contribution is 0.209. The van der Waals surface area contributed by atoms with E-state index in [1.165, 1.54) is 0 Å². The zero-order valence-electron chi connectivity index (χ0n) is 9.13. The summed E-state index contributed by atoms with van der Waals surface area (Å²) in [5, 5.41) is 11.1. The molecule has 0 spiro atoms. The number of carbonyl (C=O) groups is 1. The Morgan fingerprint density at radius 3 is 2.82 bits per heavy atom. The number of hydrogen-bond donors (Lipinski definition) is 2. The molecule has 0 radical (unpaired) electrons. The summed E-state index contributed by atoms with van der Waals surface area (Å²) in [6.45, 7) is 2.35. The lowest BCUT2D eigenvalue weighted by atomic mass is 10.1. The van der Waals surface area contributed by atoms with E-state index in [-0.39, 0.29) is 11.9 Å². The number of nitrogens with zero attached hydrogens (tertiary/aromatic N) is 1. The number of carbonyl (C=O) groups excluding carboxylic acids is 1. The number of benzene rings is 1. The van der Waals surface area contributed by atoms with Crippen LogP contribution in [0.4, 0.5) is 4.79 Å². The highest BCUT2D eigenvalue weighted by molar-refractivity contribution is 6.42. The SMILES string of the molecule is CCN1C(=O)NC(=N)C1c1cccc(Cl)c1Cl. The summed E-state index contributed by atoms with van der Waals surface area (Å²) in [6.07, 6.45) is 0. The number of hydrogen-bond acceptors (Lipinski definition) is 2. The first kappa shape index (κ1) is 12.2. The van der Waals surface area contributed by atoms with Crippen molar-refractivity contribution in [3.05, 3.63) is 33.8 Å². The quantitative estimate of drug-likeness (QED) is 0.854. The van der Waals surface area contributed by atoms with E-state index in [9.17, 15) is 4.79 Å². The number of urea groups is 1. The van der Waals surface area contributed by atoms with E-state index < -0.39 is 6.04 Å². The van der Waals surface area contributed by atoms with Crippen molar-refractivity contribution in [3.63, 3.8) is 0 Å². The van der Waals surface area contributed by atoms with Crippen LogP contribution in [0.25, 0.3) is 0 Å². The highest BCUT2D eigenvalue weighted by atomic mass is 35.5. The summed E-state index contributed by atoms with van der Waals surface area (Å²) in [4.78, 5) is 13.1. The summed E-state index contributed by atoms with van der Waals surface area (Å²) in [5.74, 6) is 0.126. The number of amides is 2. The van der Waals surface area contributed by atoms with Gasteiger partial charge >= 0.3 is 6.03 Å². The number of likely N-dealkylation sites (N-methyl/N-ethyl adjacent to an activating group) is 1. The minimum atomic E-state index is -0.473. The van der Waals surface area contributed by atoms with Crippen LogP contribution < -0.4 is 5.32 Å². The van der Waals surface area contributed by atoms with Crippen LogP contribution >= 0.6 is 23.2 Å². The number of nitrogens with one attached hydrogen (secondary N) is 2. The molecule has 90 valence electrons. The summed E-state index contributed by atoms with van der Waals surface area (Å²) in [7, 11) is 0. The minimum Gasteiger partial charge on any atom is -0.310 e. The highest BCUT2D eigenvalue weighted by Crippen LogP contribution is 2.34. The largest absolute Gasteiger partial charge is 0.323 e. The molecule has 17 heavy (non-hydrogen) atoms. The normalized spacial score (nSPS) is 19.7. The number of halogens is 2. The number of rotatable bonds is 2. The molecule has 6 heteroatoms. The predicted octanol–water partition coefficient (Wildman–Crippen LogP) is 3.06. The molecular weight excluding hydrogens is 261 g/mol. The van der Waals surface area contributed by atoms with E-state index in [4.69, 9.17) is 28.6 Å². The molecule has 1 aromatic carbocycles. The maximum atomic E-state index is 11.6. The third-order valence-corrected chi connectivity index (χ3v) is 3.54. The molecule has 1 aliphatic heterocycles. The fourth-order valence-electron chi connectivity index (χ4n) is 1.91. The van der Waals surface area contributed by atoms with Crippen LogP contribution in [0.3, 0.4) is 0 Å². The topological polar surface area (TPSA) is 56.2 Å². The third-order valence-electron chi connectivity index (χ3n) is 2.70. The molecule has 0 aromatic heterocycles. The van der Waals surface area contributed by atoms with Gasteiger partial charge in [-0.15, -0.1) is 0 Å². The van der Waals surface area contributed by atoms with Gasteiger partial charge < -0.3 is 4.90 Å². The Hall–Kier alpha value is -1.26. The van der Waals surface area contributed by atoms with Crippen LogP contribution in [0.5, 0.6) is 0 Å². The Morgan fingerprint density at radius 1 is 1.47 bits per heavy atom. The molecule has 1 atom stereocenters. The van der Waals surface area contributed by atoms with Crippen LogP contribution in [-0.2, 0) is 0 Å². The molecule has 1 unspecified atom stereocenters. The Balaban J connectivity index is 2.48. The lowest BCUT2D eigenvalue weighted by Gasteiger charge is -2.22. The monoisotopic (exact) mass is 271 g/mol. The van der Waals surface area contributed by atoms with E-state index in [1.54, 1.807) is 23.1 Å². The van der Waals surface area contributed by atoms with E-state index in [0.29, 0.717) is 22.2 Å². The van der Waals surface area contributed by atoms with Crippen LogP contribution in [0.15, 0.2) is 18.2 Å². The molecule has 1 fully saturated rings. The maximum Gasteiger partial charge on any atom is 0.323 e. The second-order valence-electron chi connectivity index (χ2n) is 3.68. The Morgan fingerprint density at radius 2 is 2.18 bits per heavy atom. The van der Waals surface area contributed by atoms with Gasteiger partial charge in [0.1, 0.15) is 11.9 Å². The Bertz CT molecular complexity index is 490. The van der Waals surface area contributed by atoms with Crippen molar-refractivity contribution in [1.29, 1.82) is 5.41 Å². The van der Waals surface area contributed by atoms with Crippen LogP contribution in [-0.4, -0.2) is 23.3 Å². The molecule has 0 saturated carbocycles. The van der Waals surface area contributed by atoms with Crippen molar-refractivity contribution in [3.8, 4) is 0 Å². The van der Waals surface area contributed by atoms with Crippen molar-refractivity contribution < 1.29 is 4.79 Å². The van der Waals surface area contributed by atoms with Crippen LogP contribution in [0, 0.1) is 5.41 Å². The summed E-state index contributed by atoms with van der Waals surface area (Å²) in [5.41, 5.74) is 0.671. The van der Waals surface area contributed by atoms with Gasteiger partial charge in [0.2, 0.25) is 0 Å². The maximum absolute atomic E-state index is 11.6. The van der Waals surface area contributed by atoms with Gasteiger partial charge in [-0.1, -0.05) is 35.3 Å². The molecule has 1 aromatic rings. The molecule has 1 saturated heterocycles. The molecule has 1 heterocycles. The van der Waals surface area contributed by atoms with E-state index in [0.717, 1.165) is 0 Å². The molecule has 1 aliphatic rings. The van der Waals surface area contributed by atoms with Gasteiger partial charge in [0, 0.05) is 12.1 Å². The molecule has 2 amide bonds. The van der Waals surface area contributed by atoms with Gasteiger partial charge in [-0.25, -0.2) is 4.79 Å². The van der Waals surface area contributed by atoms with Crippen LogP contribution in [0.1, 0.15) is 18.5 Å². The van der Waals surface area contributed by atoms with Gasteiger partial charge in [-0.2, -0.15) is 0 Å². The van der Waals surface area contributed by atoms with Crippen molar-refractivity contribution in [1.82, 2.24) is 10.2 Å². The van der Waals surface area contributed by atoms with Gasteiger partial charge in [-0.05, 0) is 13.0 Å². The Kier molecular flexibility index (Phi) is 3.26. The van der Waals surface area contributed by atoms with Gasteiger partial charge in [0.25, 0.3) is 0 Å². The standard InChI is InChI=1S/C11H11Cl2N3O/c1-2-16-9(10(14)15-11(16)17)6-4-3-5-7(12)8(6)13/h3-5,9H,2H2,1H3,(H2,14,15,17). The molecule has 0 aliphatic carbocycles. The van der Waals surface area contributed by atoms with Crippen molar-refractivity contribution in [2.24, 2.45) is 0 Å². The first-order valence-electron chi connectivity index (χ1n) is 5.16. The summed E-state index contributed by atoms with van der Waals surface area (Å²) in [6, 6.07) is 4.46. The molecule has 4 nitrogen and oxygen atoms in total. The lowest BCUT2D eigenvalue weighted by Crippen LogP contribution is -2.29. The third kappa shape index (κ3) is 1.98. The fourth-order valence-corrected chi connectivity index (χ4v) is 2.32.